The van der Waals surface area contributed by atoms with E-state index in [1.54, 1.807) is 6.07 Å². The van der Waals surface area contributed by atoms with Crippen molar-refractivity contribution in [2.24, 2.45) is 0 Å². The third-order valence-corrected chi connectivity index (χ3v) is 2.23. The van der Waals surface area contributed by atoms with Gasteiger partial charge in [-0.05, 0) is 36.8 Å². The van der Waals surface area contributed by atoms with E-state index in [1.807, 2.05) is 31.2 Å². The van der Waals surface area contributed by atoms with Crippen LogP contribution in [0.3, 0.4) is 0 Å². The molecular formula is C14H10FNO. The maximum atomic E-state index is 13.2. The first-order valence-electron chi connectivity index (χ1n) is 5.12. The Labute approximate surface area is 98.9 Å². The molecule has 0 aliphatic rings. The van der Waals surface area contributed by atoms with Gasteiger partial charge in [0.25, 0.3) is 0 Å². The number of nitriles is 1. The zero-order valence-electron chi connectivity index (χ0n) is 9.27. The smallest absolute Gasteiger partial charge is 0.131 e. The van der Waals surface area contributed by atoms with Gasteiger partial charge in [0.05, 0.1) is 11.6 Å². The minimum absolute atomic E-state index is 0.243. The molecule has 0 heterocycles. The Hall–Kier alpha value is -2.34. The maximum absolute atomic E-state index is 13.2. The van der Waals surface area contributed by atoms with E-state index in [-0.39, 0.29) is 5.56 Å². The Bertz CT molecular complexity index is 587. The van der Waals surface area contributed by atoms with E-state index >= 15 is 0 Å². The lowest BCUT2D eigenvalue weighted by atomic mass is 10.2. The average Bonchev–Trinajstić information content (AvgIpc) is 2.28. The van der Waals surface area contributed by atoms with Gasteiger partial charge in [0.1, 0.15) is 17.3 Å². The molecule has 0 unspecified atom stereocenters. The largest absolute Gasteiger partial charge is 0.457 e. The number of aryl methyl sites for hydroxylation is 1. The average molecular weight is 227 g/mol. The number of benzene rings is 2. The second kappa shape index (κ2) is 4.67. The first-order chi connectivity index (χ1) is 8.17. The van der Waals surface area contributed by atoms with Gasteiger partial charge in [0, 0.05) is 6.07 Å². The Kier molecular flexibility index (Phi) is 3.06. The Morgan fingerprint density at radius 3 is 2.65 bits per heavy atom. The first-order valence-corrected chi connectivity index (χ1v) is 5.12. The topological polar surface area (TPSA) is 33.0 Å². The summed E-state index contributed by atoms with van der Waals surface area (Å²) in [5.41, 5.74) is 1.30. The lowest BCUT2D eigenvalue weighted by Gasteiger charge is -2.06. The van der Waals surface area contributed by atoms with Gasteiger partial charge >= 0.3 is 0 Å². The normalized spacial score (nSPS) is 9.71. The fourth-order valence-corrected chi connectivity index (χ4v) is 1.50. The van der Waals surface area contributed by atoms with Crippen LogP contribution in [-0.2, 0) is 0 Å². The number of rotatable bonds is 2. The zero-order valence-corrected chi connectivity index (χ0v) is 9.27. The molecule has 0 atom stereocenters. The van der Waals surface area contributed by atoms with E-state index in [1.165, 1.54) is 18.2 Å². The zero-order chi connectivity index (χ0) is 12.3. The highest BCUT2D eigenvalue weighted by molar-refractivity contribution is 5.40. The molecule has 3 heteroatoms. The molecule has 2 nitrogen and oxygen atoms in total. The van der Waals surface area contributed by atoms with Crippen LogP contribution in [0.15, 0.2) is 42.5 Å². The molecule has 0 amide bonds. The van der Waals surface area contributed by atoms with Crippen LogP contribution >= 0.6 is 0 Å². The molecule has 0 aromatic heterocycles. The highest BCUT2D eigenvalue weighted by Gasteiger charge is 2.03. The van der Waals surface area contributed by atoms with E-state index in [9.17, 15) is 4.39 Å². The molecule has 2 aromatic rings. The van der Waals surface area contributed by atoms with Gasteiger partial charge in [-0.1, -0.05) is 12.1 Å². The summed E-state index contributed by atoms with van der Waals surface area (Å²) in [6, 6.07) is 13.2. The third kappa shape index (κ3) is 2.82. The predicted octanol–water partition coefficient (Wildman–Crippen LogP) is 3.80. The molecular weight excluding hydrogens is 217 g/mol. The highest BCUT2D eigenvalue weighted by Crippen LogP contribution is 2.24. The molecule has 17 heavy (non-hydrogen) atoms. The summed E-state index contributed by atoms with van der Waals surface area (Å²) in [5, 5.41) is 8.72. The van der Waals surface area contributed by atoms with Crippen molar-refractivity contribution < 1.29 is 9.13 Å². The second-order valence-electron chi connectivity index (χ2n) is 3.71. The minimum Gasteiger partial charge on any atom is -0.457 e. The quantitative estimate of drug-likeness (QED) is 0.781. The number of halogens is 1. The molecule has 0 radical (unpaired) electrons. The van der Waals surface area contributed by atoms with Crippen LogP contribution in [0.2, 0.25) is 0 Å². The van der Waals surface area contributed by atoms with Gasteiger partial charge in [-0.15, -0.1) is 0 Å². The van der Waals surface area contributed by atoms with Gasteiger partial charge < -0.3 is 4.74 Å². The van der Waals surface area contributed by atoms with Crippen LogP contribution in [0.5, 0.6) is 11.5 Å². The van der Waals surface area contributed by atoms with Crippen LogP contribution in [0.1, 0.15) is 11.1 Å². The van der Waals surface area contributed by atoms with Crippen molar-refractivity contribution in [2.45, 2.75) is 6.92 Å². The SMILES string of the molecule is Cc1cccc(Oc2cc(F)cc(C#N)c2)c1. The molecule has 0 bridgehead atoms. The number of ether oxygens (including phenoxy) is 1. The van der Waals surface area contributed by atoms with Crippen molar-refractivity contribution in [1.29, 1.82) is 5.26 Å². The summed E-state index contributed by atoms with van der Waals surface area (Å²) in [4.78, 5) is 0. The number of hydrogen-bond acceptors (Lipinski definition) is 2. The predicted molar refractivity (Wildman–Crippen MR) is 62.4 cm³/mol. The van der Waals surface area contributed by atoms with Crippen LogP contribution in [0.4, 0.5) is 4.39 Å². The van der Waals surface area contributed by atoms with Crippen LogP contribution in [0.25, 0.3) is 0 Å². The molecule has 0 spiro atoms. The Morgan fingerprint density at radius 1 is 1.12 bits per heavy atom. The van der Waals surface area contributed by atoms with Gasteiger partial charge in [-0.25, -0.2) is 4.39 Å². The lowest BCUT2D eigenvalue weighted by molar-refractivity contribution is 0.476. The summed E-state index contributed by atoms with van der Waals surface area (Å²) in [6.07, 6.45) is 0. The van der Waals surface area contributed by atoms with E-state index in [2.05, 4.69) is 0 Å². The molecule has 2 rings (SSSR count). The first kappa shape index (κ1) is 11.2. The maximum Gasteiger partial charge on any atom is 0.131 e. The fraction of sp³-hybridized carbons (Fsp3) is 0.0714. The standard InChI is InChI=1S/C14H10FNO/c1-10-3-2-4-13(5-10)17-14-7-11(9-16)6-12(15)8-14/h2-8H,1H3. The molecule has 0 saturated heterocycles. The van der Waals surface area contributed by atoms with Crippen molar-refractivity contribution in [2.75, 3.05) is 0 Å². The molecule has 84 valence electrons. The van der Waals surface area contributed by atoms with E-state index in [0.717, 1.165) is 5.56 Å². The van der Waals surface area contributed by atoms with Crippen LogP contribution in [-0.4, -0.2) is 0 Å². The molecule has 0 aliphatic carbocycles. The Balaban J connectivity index is 2.30. The van der Waals surface area contributed by atoms with Crippen LogP contribution < -0.4 is 4.74 Å². The van der Waals surface area contributed by atoms with Crippen molar-refractivity contribution in [1.82, 2.24) is 0 Å². The second-order valence-corrected chi connectivity index (χ2v) is 3.71. The minimum atomic E-state index is -0.480. The summed E-state index contributed by atoms with van der Waals surface area (Å²) < 4.78 is 18.7. The van der Waals surface area contributed by atoms with Gasteiger partial charge in [0.2, 0.25) is 0 Å². The van der Waals surface area contributed by atoms with Gasteiger partial charge in [-0.2, -0.15) is 5.26 Å². The van der Waals surface area contributed by atoms with E-state index in [4.69, 9.17) is 10.00 Å². The molecule has 2 aromatic carbocycles. The summed E-state index contributed by atoms with van der Waals surface area (Å²) in [6.45, 7) is 1.94. The molecule has 0 saturated carbocycles. The van der Waals surface area contributed by atoms with Crippen molar-refractivity contribution in [3.05, 3.63) is 59.4 Å². The summed E-state index contributed by atoms with van der Waals surface area (Å²) in [5.74, 6) is 0.471. The third-order valence-electron chi connectivity index (χ3n) is 2.23. The lowest BCUT2D eigenvalue weighted by Crippen LogP contribution is -1.87. The van der Waals surface area contributed by atoms with Crippen LogP contribution in [0, 0.1) is 24.1 Å². The van der Waals surface area contributed by atoms with Crippen molar-refractivity contribution >= 4 is 0 Å². The summed E-state index contributed by atoms with van der Waals surface area (Å²) in [7, 11) is 0. The van der Waals surface area contributed by atoms with Gasteiger partial charge in [-0.3, -0.25) is 0 Å². The summed E-state index contributed by atoms with van der Waals surface area (Å²) >= 11 is 0. The fourth-order valence-electron chi connectivity index (χ4n) is 1.50. The van der Waals surface area contributed by atoms with Crippen molar-refractivity contribution in [3.8, 4) is 17.6 Å². The molecule has 0 aliphatic heterocycles. The van der Waals surface area contributed by atoms with Crippen molar-refractivity contribution in [3.63, 3.8) is 0 Å². The number of nitrogens with zero attached hydrogens (tertiary/aromatic N) is 1. The van der Waals surface area contributed by atoms with Gasteiger partial charge in [0.15, 0.2) is 0 Å². The van der Waals surface area contributed by atoms with E-state index < -0.39 is 5.82 Å². The molecule has 0 N–H and O–H groups in total. The molecule has 0 fully saturated rings. The monoisotopic (exact) mass is 227 g/mol. The highest BCUT2D eigenvalue weighted by atomic mass is 19.1. The number of hydrogen-bond donors (Lipinski definition) is 0. The Morgan fingerprint density at radius 2 is 1.94 bits per heavy atom. The van der Waals surface area contributed by atoms with E-state index in [0.29, 0.717) is 11.5 Å².